The van der Waals surface area contributed by atoms with E-state index in [1.807, 2.05) is 6.07 Å². The minimum atomic E-state index is -0.627. The summed E-state index contributed by atoms with van der Waals surface area (Å²) in [7, 11) is 0. The van der Waals surface area contributed by atoms with Gasteiger partial charge >= 0.3 is 0 Å². The van der Waals surface area contributed by atoms with Gasteiger partial charge in [-0.1, -0.05) is 11.6 Å². The highest BCUT2D eigenvalue weighted by Gasteiger charge is 2.16. The average molecular weight is 311 g/mol. The van der Waals surface area contributed by atoms with E-state index in [9.17, 15) is 5.11 Å². The maximum Gasteiger partial charge on any atom is 0.0992 e. The highest BCUT2D eigenvalue weighted by Crippen LogP contribution is 2.22. The molecule has 2 atom stereocenters. The summed E-state index contributed by atoms with van der Waals surface area (Å²) in [5.41, 5.74) is 1.19. The van der Waals surface area contributed by atoms with Crippen LogP contribution in [0.5, 0.6) is 0 Å². The van der Waals surface area contributed by atoms with Crippen molar-refractivity contribution >= 4 is 17.3 Å². The predicted molar refractivity (Wildman–Crippen MR) is 80.5 cm³/mol. The number of nitrogens with zero attached hydrogens (tertiary/aromatic N) is 1. The number of ether oxygens (including phenoxy) is 2. The van der Waals surface area contributed by atoms with Crippen molar-refractivity contribution in [2.24, 2.45) is 0 Å². The van der Waals surface area contributed by atoms with Gasteiger partial charge in [0.05, 0.1) is 47.8 Å². The number of aliphatic hydroxyl groups excluding tert-OH is 1. The van der Waals surface area contributed by atoms with E-state index in [-0.39, 0.29) is 12.7 Å². The molecule has 21 heavy (non-hydrogen) atoms. The van der Waals surface area contributed by atoms with Crippen molar-refractivity contribution in [2.75, 3.05) is 31.7 Å². The SMILES string of the molecule is N#Cc1ccc(NCC(O)COCC2CCCO2)c(Cl)c1. The van der Waals surface area contributed by atoms with Crippen molar-refractivity contribution in [1.29, 1.82) is 5.26 Å². The minimum Gasteiger partial charge on any atom is -0.389 e. The average Bonchev–Trinajstić information content (AvgIpc) is 2.99. The lowest BCUT2D eigenvalue weighted by Gasteiger charge is -2.15. The van der Waals surface area contributed by atoms with E-state index in [4.69, 9.17) is 26.3 Å². The van der Waals surface area contributed by atoms with Gasteiger partial charge in [0.2, 0.25) is 0 Å². The zero-order valence-electron chi connectivity index (χ0n) is 11.7. The fourth-order valence-corrected chi connectivity index (χ4v) is 2.37. The number of hydrogen-bond donors (Lipinski definition) is 2. The van der Waals surface area contributed by atoms with Gasteiger partial charge in [0, 0.05) is 13.2 Å². The zero-order valence-corrected chi connectivity index (χ0v) is 12.5. The molecule has 2 N–H and O–H groups in total. The second-order valence-electron chi connectivity index (χ2n) is 5.01. The van der Waals surface area contributed by atoms with Crippen molar-refractivity contribution in [3.05, 3.63) is 28.8 Å². The minimum absolute atomic E-state index is 0.165. The molecule has 6 heteroatoms. The van der Waals surface area contributed by atoms with Gasteiger partial charge in [0.25, 0.3) is 0 Å². The lowest BCUT2D eigenvalue weighted by molar-refractivity contribution is -0.0137. The van der Waals surface area contributed by atoms with Gasteiger partial charge in [-0.2, -0.15) is 5.26 Å². The van der Waals surface area contributed by atoms with E-state index in [0.29, 0.717) is 29.4 Å². The number of aliphatic hydroxyl groups is 1. The summed E-state index contributed by atoms with van der Waals surface area (Å²) in [6.45, 7) is 1.90. The molecule has 2 rings (SSSR count). The van der Waals surface area contributed by atoms with E-state index >= 15 is 0 Å². The van der Waals surface area contributed by atoms with Crippen LogP contribution in [0.15, 0.2) is 18.2 Å². The second kappa shape index (κ2) is 8.20. The largest absolute Gasteiger partial charge is 0.389 e. The molecule has 2 unspecified atom stereocenters. The molecular formula is C15H19ClN2O3. The van der Waals surface area contributed by atoms with Crippen molar-refractivity contribution in [3.8, 4) is 6.07 Å². The van der Waals surface area contributed by atoms with E-state index in [1.54, 1.807) is 18.2 Å². The first kappa shape index (κ1) is 16.1. The maximum absolute atomic E-state index is 9.85. The van der Waals surface area contributed by atoms with Crippen molar-refractivity contribution in [2.45, 2.75) is 25.0 Å². The van der Waals surface area contributed by atoms with Gasteiger partial charge < -0.3 is 19.9 Å². The van der Waals surface area contributed by atoms with Gasteiger partial charge in [-0.25, -0.2) is 0 Å². The predicted octanol–water partition coefficient (Wildman–Crippen LogP) is 2.18. The Morgan fingerprint density at radius 1 is 1.57 bits per heavy atom. The highest BCUT2D eigenvalue weighted by molar-refractivity contribution is 6.33. The first-order valence-corrected chi connectivity index (χ1v) is 7.38. The molecule has 0 amide bonds. The highest BCUT2D eigenvalue weighted by atomic mass is 35.5. The number of benzene rings is 1. The van der Waals surface area contributed by atoms with Gasteiger partial charge in [0.1, 0.15) is 0 Å². The number of halogens is 1. The number of nitriles is 1. The molecule has 1 fully saturated rings. The van der Waals surface area contributed by atoms with Crippen molar-refractivity contribution < 1.29 is 14.6 Å². The molecule has 114 valence electrons. The summed E-state index contributed by atoms with van der Waals surface area (Å²) in [6, 6.07) is 7.01. The topological polar surface area (TPSA) is 74.5 Å². The lowest BCUT2D eigenvalue weighted by atomic mass is 10.2. The molecule has 0 radical (unpaired) electrons. The van der Waals surface area contributed by atoms with Crippen LogP contribution < -0.4 is 5.32 Å². The van der Waals surface area contributed by atoms with Gasteiger partial charge in [-0.15, -0.1) is 0 Å². The van der Waals surface area contributed by atoms with Crippen LogP contribution in [0.2, 0.25) is 5.02 Å². The Labute approximate surface area is 129 Å². The molecule has 1 aliphatic heterocycles. The Bertz CT molecular complexity index is 498. The van der Waals surface area contributed by atoms with E-state index in [2.05, 4.69) is 5.32 Å². The molecule has 1 saturated heterocycles. The Morgan fingerprint density at radius 2 is 2.43 bits per heavy atom. The fraction of sp³-hybridized carbons (Fsp3) is 0.533. The van der Waals surface area contributed by atoms with E-state index < -0.39 is 6.10 Å². The van der Waals surface area contributed by atoms with Crippen LogP contribution in [-0.4, -0.2) is 43.7 Å². The van der Waals surface area contributed by atoms with Crippen LogP contribution in [0.25, 0.3) is 0 Å². The molecule has 0 aromatic heterocycles. The third-order valence-electron chi connectivity index (χ3n) is 3.26. The fourth-order valence-electron chi connectivity index (χ4n) is 2.13. The van der Waals surface area contributed by atoms with Gasteiger partial charge in [-0.3, -0.25) is 0 Å². The summed E-state index contributed by atoms with van der Waals surface area (Å²) < 4.78 is 10.9. The Hall–Kier alpha value is -1.32. The summed E-state index contributed by atoms with van der Waals surface area (Å²) in [5, 5.41) is 22.1. The summed E-state index contributed by atoms with van der Waals surface area (Å²) in [6.07, 6.45) is 1.64. The monoisotopic (exact) mass is 310 g/mol. The zero-order chi connectivity index (χ0) is 15.1. The quantitative estimate of drug-likeness (QED) is 0.807. The Kier molecular flexibility index (Phi) is 6.27. The summed E-state index contributed by atoms with van der Waals surface area (Å²) >= 11 is 6.04. The normalized spacial score (nSPS) is 19.2. The first-order valence-electron chi connectivity index (χ1n) is 7.00. The molecule has 1 aromatic carbocycles. The van der Waals surface area contributed by atoms with Crippen LogP contribution in [0.3, 0.4) is 0 Å². The van der Waals surface area contributed by atoms with Crippen LogP contribution in [0.4, 0.5) is 5.69 Å². The molecule has 0 spiro atoms. The Balaban J connectivity index is 1.68. The number of nitrogens with one attached hydrogen (secondary N) is 1. The smallest absolute Gasteiger partial charge is 0.0992 e. The molecule has 5 nitrogen and oxygen atoms in total. The molecule has 0 bridgehead atoms. The summed E-state index contributed by atoms with van der Waals surface area (Å²) in [5.74, 6) is 0. The third kappa shape index (κ3) is 5.18. The summed E-state index contributed by atoms with van der Waals surface area (Å²) in [4.78, 5) is 0. The third-order valence-corrected chi connectivity index (χ3v) is 3.58. The van der Waals surface area contributed by atoms with Crippen LogP contribution >= 0.6 is 11.6 Å². The number of rotatable bonds is 7. The van der Waals surface area contributed by atoms with E-state index in [0.717, 1.165) is 19.4 Å². The molecule has 1 aromatic rings. The lowest BCUT2D eigenvalue weighted by Crippen LogP contribution is -2.27. The van der Waals surface area contributed by atoms with Crippen LogP contribution in [0, 0.1) is 11.3 Å². The second-order valence-corrected chi connectivity index (χ2v) is 5.42. The number of anilines is 1. The molecule has 0 aliphatic carbocycles. The van der Waals surface area contributed by atoms with Gasteiger partial charge in [0.15, 0.2) is 0 Å². The molecule has 1 heterocycles. The Morgan fingerprint density at radius 3 is 3.10 bits per heavy atom. The molecule has 1 aliphatic rings. The van der Waals surface area contributed by atoms with Crippen LogP contribution in [0.1, 0.15) is 18.4 Å². The maximum atomic E-state index is 9.85. The van der Waals surface area contributed by atoms with Crippen LogP contribution in [-0.2, 0) is 9.47 Å². The van der Waals surface area contributed by atoms with Crippen molar-refractivity contribution in [1.82, 2.24) is 0 Å². The first-order chi connectivity index (χ1) is 10.2. The van der Waals surface area contributed by atoms with Gasteiger partial charge in [-0.05, 0) is 31.0 Å². The van der Waals surface area contributed by atoms with Crippen molar-refractivity contribution in [3.63, 3.8) is 0 Å². The molecular weight excluding hydrogens is 292 g/mol. The number of hydrogen-bond acceptors (Lipinski definition) is 5. The molecule has 0 saturated carbocycles. The standard InChI is InChI=1S/C15H19ClN2O3/c16-14-6-11(7-17)3-4-15(14)18-8-12(19)9-20-10-13-2-1-5-21-13/h3-4,6,12-13,18-19H,1-2,5,8-10H2. The van der Waals surface area contributed by atoms with E-state index in [1.165, 1.54) is 0 Å².